The number of carbonyl (C=O) groups is 3. The Labute approximate surface area is 317 Å². The number of hydrogen-bond donors (Lipinski definition) is 3. The van der Waals surface area contributed by atoms with Crippen molar-refractivity contribution in [3.8, 4) is 39.5 Å². The number of hydrogen-bond acceptors (Lipinski definition) is 7. The molecule has 3 fully saturated rings. The van der Waals surface area contributed by atoms with Crippen molar-refractivity contribution in [2.75, 3.05) is 33.3 Å². The molecular formula is C40H40Cl2N6O5. The first kappa shape index (κ1) is 35.3. The minimum Gasteiger partial charge on any atom is -0.481 e. The van der Waals surface area contributed by atoms with Gasteiger partial charge < -0.3 is 20.5 Å². The normalized spacial score (nSPS) is 20.4. The maximum atomic E-state index is 12.4. The fourth-order valence-electron chi connectivity index (χ4n) is 8.59. The average Bonchev–Trinajstić information content (AvgIpc) is 3.75. The molecule has 3 N–H and O–H groups in total. The van der Waals surface area contributed by atoms with E-state index >= 15 is 0 Å². The zero-order chi connectivity index (χ0) is 36.9. The van der Waals surface area contributed by atoms with Gasteiger partial charge in [0, 0.05) is 91.0 Å². The first-order chi connectivity index (χ1) is 25.6. The van der Waals surface area contributed by atoms with Crippen molar-refractivity contribution in [1.29, 1.82) is 0 Å². The minimum absolute atomic E-state index is 0.0334. The zero-order valence-corrected chi connectivity index (χ0v) is 30.8. The number of nitrogens with one attached hydrogen (secondary N) is 2. The summed E-state index contributed by atoms with van der Waals surface area (Å²) in [6.45, 7) is 3.39. The topological polar surface area (TPSA) is 137 Å². The first-order valence-electron chi connectivity index (χ1n) is 18.0. The lowest BCUT2D eigenvalue weighted by Gasteiger charge is -2.47. The molecule has 1 spiro atoms. The fourth-order valence-corrected chi connectivity index (χ4v) is 9.23. The molecule has 3 amide bonds. The van der Waals surface area contributed by atoms with Gasteiger partial charge in [-0.15, -0.1) is 0 Å². The van der Waals surface area contributed by atoms with Crippen molar-refractivity contribution < 1.29 is 24.2 Å². The molecule has 2 aromatic heterocycles. The third kappa shape index (κ3) is 6.82. The van der Waals surface area contributed by atoms with Gasteiger partial charge in [0.25, 0.3) is 0 Å². The molecule has 4 aliphatic rings. The van der Waals surface area contributed by atoms with E-state index in [1.54, 1.807) is 13.3 Å². The lowest BCUT2D eigenvalue weighted by molar-refractivity contribution is -0.121. The molecule has 3 saturated heterocycles. The number of aromatic nitrogens is 2. The molecule has 2 atom stereocenters. The third-order valence-electron chi connectivity index (χ3n) is 11.1. The number of ether oxygens (including phenoxy) is 1. The van der Waals surface area contributed by atoms with E-state index in [4.69, 9.17) is 32.9 Å². The van der Waals surface area contributed by atoms with E-state index in [9.17, 15) is 19.5 Å². The highest BCUT2D eigenvalue weighted by atomic mass is 35.5. The van der Waals surface area contributed by atoms with Crippen molar-refractivity contribution in [2.45, 2.75) is 57.2 Å². The predicted molar refractivity (Wildman–Crippen MR) is 202 cm³/mol. The minimum atomic E-state index is -0.990. The molecule has 0 saturated carbocycles. The van der Waals surface area contributed by atoms with Gasteiger partial charge in [0.1, 0.15) is 0 Å². The fraction of sp³-hybridized carbons (Fsp3) is 0.375. The molecular weight excluding hydrogens is 715 g/mol. The second-order valence-electron chi connectivity index (χ2n) is 14.7. The molecule has 4 aromatic rings. The van der Waals surface area contributed by atoms with Crippen LogP contribution in [0.25, 0.3) is 33.6 Å². The van der Waals surface area contributed by atoms with Crippen LogP contribution in [-0.2, 0) is 22.6 Å². The van der Waals surface area contributed by atoms with E-state index in [0.29, 0.717) is 59.5 Å². The summed E-state index contributed by atoms with van der Waals surface area (Å²) in [5, 5.41) is 17.0. The number of carboxylic acid groups (broad SMARTS) is 1. The summed E-state index contributed by atoms with van der Waals surface area (Å²) in [5.74, 6) is 0.624. The van der Waals surface area contributed by atoms with Gasteiger partial charge >= 0.3 is 6.09 Å². The Bertz CT molecular complexity index is 2120. The number of likely N-dealkylation sites (tertiary alicyclic amines) is 1. The summed E-state index contributed by atoms with van der Waals surface area (Å²) in [4.78, 5) is 49.3. The molecule has 0 unspecified atom stereocenters. The molecule has 274 valence electrons. The van der Waals surface area contributed by atoms with Crippen molar-refractivity contribution in [2.24, 2.45) is 5.41 Å². The van der Waals surface area contributed by atoms with Crippen LogP contribution in [0.5, 0.6) is 5.88 Å². The molecule has 11 nitrogen and oxygen atoms in total. The van der Waals surface area contributed by atoms with E-state index in [1.165, 1.54) is 4.90 Å². The van der Waals surface area contributed by atoms with E-state index in [1.807, 2.05) is 48.5 Å². The molecule has 0 bridgehead atoms. The molecule has 2 aromatic carbocycles. The van der Waals surface area contributed by atoms with Crippen molar-refractivity contribution in [3.63, 3.8) is 0 Å². The SMILES string of the molecule is COc1nc(-c2cccc(-c3ccnc(-c4ccc5c(c4)CCC[C@H]5N(C[C@@H]4CCC(=O)N4)C(=O)O)c3Cl)c2Cl)ccc1CN1CC2(CNC(=O)C2)C1. The lowest BCUT2D eigenvalue weighted by atomic mass is 9.79. The van der Waals surface area contributed by atoms with Gasteiger partial charge in [0.15, 0.2) is 0 Å². The highest BCUT2D eigenvalue weighted by Crippen LogP contribution is 2.44. The summed E-state index contributed by atoms with van der Waals surface area (Å²) in [6.07, 6.45) is 4.73. The van der Waals surface area contributed by atoms with Gasteiger partial charge in [-0.3, -0.25) is 24.4 Å². The number of carbonyl (C=O) groups excluding carboxylic acids is 2. The summed E-state index contributed by atoms with van der Waals surface area (Å²) in [6, 6.07) is 17.1. The molecule has 8 rings (SSSR count). The Hall–Kier alpha value is -4.71. The van der Waals surface area contributed by atoms with Gasteiger partial charge in [-0.25, -0.2) is 9.78 Å². The van der Waals surface area contributed by atoms with Crippen LogP contribution in [-0.4, -0.2) is 82.1 Å². The van der Waals surface area contributed by atoms with E-state index < -0.39 is 6.09 Å². The maximum Gasteiger partial charge on any atom is 0.407 e. The Morgan fingerprint density at radius 2 is 1.83 bits per heavy atom. The molecule has 53 heavy (non-hydrogen) atoms. The van der Waals surface area contributed by atoms with Gasteiger partial charge in [-0.1, -0.05) is 59.6 Å². The number of pyridine rings is 2. The van der Waals surface area contributed by atoms with E-state index in [2.05, 4.69) is 26.6 Å². The van der Waals surface area contributed by atoms with Crippen LogP contribution in [0.4, 0.5) is 4.79 Å². The second-order valence-corrected chi connectivity index (χ2v) is 15.5. The number of fused-ring (bicyclic) bond motifs is 1. The molecule has 5 heterocycles. The molecule has 1 aliphatic carbocycles. The first-order valence-corrected chi connectivity index (χ1v) is 18.8. The van der Waals surface area contributed by atoms with Crippen LogP contribution in [0.1, 0.15) is 54.8 Å². The van der Waals surface area contributed by atoms with Crippen molar-refractivity contribution >= 4 is 41.1 Å². The average molecular weight is 756 g/mol. The quantitative estimate of drug-likeness (QED) is 0.171. The smallest absolute Gasteiger partial charge is 0.407 e. The van der Waals surface area contributed by atoms with Gasteiger partial charge in [-0.2, -0.15) is 0 Å². The van der Waals surface area contributed by atoms with Crippen LogP contribution < -0.4 is 15.4 Å². The van der Waals surface area contributed by atoms with Crippen molar-refractivity contribution in [3.05, 3.63) is 87.5 Å². The Morgan fingerprint density at radius 1 is 1.02 bits per heavy atom. The Balaban J connectivity index is 1.04. The summed E-state index contributed by atoms with van der Waals surface area (Å²) in [5.41, 5.74) is 7.35. The third-order valence-corrected chi connectivity index (χ3v) is 11.9. The maximum absolute atomic E-state index is 12.4. The lowest BCUT2D eigenvalue weighted by Crippen LogP contribution is -2.56. The Morgan fingerprint density at radius 3 is 2.57 bits per heavy atom. The van der Waals surface area contributed by atoms with Crippen molar-refractivity contribution in [1.82, 2.24) is 30.4 Å². The number of aryl methyl sites for hydroxylation is 1. The van der Waals surface area contributed by atoms with Crippen LogP contribution in [0, 0.1) is 5.41 Å². The largest absolute Gasteiger partial charge is 0.481 e. The number of nitrogens with zero attached hydrogens (tertiary/aromatic N) is 4. The zero-order valence-electron chi connectivity index (χ0n) is 29.3. The van der Waals surface area contributed by atoms with Gasteiger partial charge in [0.05, 0.1) is 34.6 Å². The van der Waals surface area contributed by atoms with Gasteiger partial charge in [-0.05, 0) is 55.0 Å². The summed E-state index contributed by atoms with van der Waals surface area (Å²) < 4.78 is 5.73. The number of halogens is 2. The number of methoxy groups -OCH3 is 1. The van der Waals surface area contributed by atoms with E-state index in [0.717, 1.165) is 71.4 Å². The van der Waals surface area contributed by atoms with Crippen LogP contribution in [0.2, 0.25) is 10.0 Å². The van der Waals surface area contributed by atoms with Gasteiger partial charge in [0.2, 0.25) is 17.7 Å². The van der Waals surface area contributed by atoms with Crippen LogP contribution in [0.3, 0.4) is 0 Å². The number of amides is 3. The monoisotopic (exact) mass is 754 g/mol. The highest BCUT2D eigenvalue weighted by Gasteiger charge is 2.48. The van der Waals surface area contributed by atoms with Crippen LogP contribution in [0.15, 0.2) is 60.8 Å². The molecule has 13 heteroatoms. The van der Waals surface area contributed by atoms with E-state index in [-0.39, 0.29) is 35.9 Å². The Kier molecular flexibility index (Phi) is 9.51. The molecule has 0 radical (unpaired) electrons. The second kappa shape index (κ2) is 14.3. The van der Waals surface area contributed by atoms with Crippen LogP contribution >= 0.6 is 23.2 Å². The predicted octanol–water partition coefficient (Wildman–Crippen LogP) is 6.75. The standard InChI is InChI=1S/C40H40Cl2N6O5/c1-53-38-25(18-47-21-40(22-47)17-34(50)44-20-40)9-12-31(46-38)30-6-3-5-28(35(30)41)29-14-15-43-37(36(29)42)24-8-11-27-23(16-24)4-2-7-32(27)48(39(51)52)19-26-10-13-33(49)45-26/h3,5-6,8-9,11-12,14-16,26,32H,2,4,7,10,13,17-22H2,1H3,(H,44,50)(H,45,49)(H,51,52)/t26-,32+/m0/s1. The number of benzene rings is 2. The summed E-state index contributed by atoms with van der Waals surface area (Å²) in [7, 11) is 1.61. The molecule has 3 aliphatic heterocycles. The summed E-state index contributed by atoms with van der Waals surface area (Å²) >= 11 is 14.3. The highest BCUT2D eigenvalue weighted by molar-refractivity contribution is 6.39. The number of rotatable bonds is 9.